The van der Waals surface area contributed by atoms with Crippen molar-refractivity contribution in [2.75, 3.05) is 14.2 Å². The molecule has 0 amide bonds. The van der Waals surface area contributed by atoms with Crippen LogP contribution in [0.1, 0.15) is 5.56 Å². The summed E-state index contributed by atoms with van der Waals surface area (Å²) < 4.78 is 12.5. The summed E-state index contributed by atoms with van der Waals surface area (Å²) in [7, 11) is 3.05. The highest BCUT2D eigenvalue weighted by Gasteiger charge is 2.20. The van der Waals surface area contributed by atoms with Gasteiger partial charge in [-0.2, -0.15) is 0 Å². The summed E-state index contributed by atoms with van der Waals surface area (Å²) in [5.74, 6) is 0.945. The molecular weight excluding hydrogens is 306 g/mol. The molecule has 0 bridgehead atoms. The number of hydrogen-bond acceptors (Lipinski definition) is 4. The quantitative estimate of drug-likeness (QED) is 0.788. The minimum Gasteiger partial charge on any atom is -0.504 e. The number of methoxy groups -OCH3 is 2. The first-order chi connectivity index (χ1) is 11.6. The molecule has 1 aliphatic carbocycles. The lowest BCUT2D eigenvalue weighted by molar-refractivity contribution is 0.373. The Kier molecular flexibility index (Phi) is 3.23. The number of pyridine rings is 1. The van der Waals surface area contributed by atoms with Gasteiger partial charge in [0, 0.05) is 29.6 Å². The fourth-order valence-corrected chi connectivity index (χ4v) is 3.33. The zero-order chi connectivity index (χ0) is 16.8. The van der Waals surface area contributed by atoms with E-state index in [4.69, 9.17) is 9.47 Å². The van der Waals surface area contributed by atoms with Crippen LogP contribution in [0.25, 0.3) is 22.4 Å². The first-order valence-electron chi connectivity index (χ1n) is 7.73. The number of rotatable bonds is 2. The van der Waals surface area contributed by atoms with Crippen LogP contribution in [0, 0.1) is 0 Å². The number of fused-ring (bicyclic) bond motifs is 4. The Balaban J connectivity index is 1.96. The third-order valence-corrected chi connectivity index (χ3v) is 4.57. The van der Waals surface area contributed by atoms with Crippen LogP contribution < -0.4 is 14.9 Å². The maximum atomic E-state index is 12.0. The molecule has 24 heavy (non-hydrogen) atoms. The van der Waals surface area contributed by atoms with Gasteiger partial charge in [-0.15, -0.1) is 0 Å². The second-order valence-corrected chi connectivity index (χ2v) is 5.92. The minimum atomic E-state index is -0.136. The monoisotopic (exact) mass is 323 g/mol. The van der Waals surface area contributed by atoms with E-state index in [1.165, 1.54) is 7.11 Å². The van der Waals surface area contributed by atoms with Crippen molar-refractivity contribution in [2.45, 2.75) is 13.0 Å². The molecule has 4 rings (SSSR count). The van der Waals surface area contributed by atoms with E-state index in [9.17, 15) is 9.90 Å². The summed E-state index contributed by atoms with van der Waals surface area (Å²) in [5, 5.41) is 10.1. The third kappa shape index (κ3) is 2.12. The van der Waals surface area contributed by atoms with Crippen LogP contribution in [0.15, 0.2) is 41.3 Å². The van der Waals surface area contributed by atoms with E-state index < -0.39 is 0 Å². The van der Waals surface area contributed by atoms with E-state index in [1.807, 2.05) is 18.3 Å². The number of hydrogen-bond donors (Lipinski definition) is 1. The van der Waals surface area contributed by atoms with Crippen LogP contribution in [0.3, 0.4) is 0 Å². The molecule has 2 aliphatic heterocycles. The lowest BCUT2D eigenvalue weighted by Gasteiger charge is -2.25. The highest BCUT2D eigenvalue weighted by Crippen LogP contribution is 2.39. The Morgan fingerprint density at radius 1 is 1.00 bits per heavy atom. The number of aromatic nitrogens is 1. The zero-order valence-electron chi connectivity index (χ0n) is 13.5. The molecule has 1 N–H and O–H groups in total. The number of phenols is 1. The van der Waals surface area contributed by atoms with Gasteiger partial charge in [-0.1, -0.05) is 0 Å². The van der Waals surface area contributed by atoms with Crippen LogP contribution in [-0.4, -0.2) is 23.9 Å². The molecule has 122 valence electrons. The molecule has 5 heteroatoms. The van der Waals surface area contributed by atoms with Gasteiger partial charge in [-0.05, 0) is 47.9 Å². The third-order valence-electron chi connectivity index (χ3n) is 4.57. The van der Waals surface area contributed by atoms with Crippen molar-refractivity contribution >= 4 is 0 Å². The number of phenolic OH excluding ortho intramolecular Hbond substituents is 1. The van der Waals surface area contributed by atoms with Crippen LogP contribution in [0.2, 0.25) is 0 Å². The molecule has 1 aromatic rings. The molecule has 0 saturated heterocycles. The van der Waals surface area contributed by atoms with Crippen molar-refractivity contribution in [2.24, 2.45) is 0 Å². The first kappa shape index (κ1) is 14.6. The molecule has 0 saturated carbocycles. The molecule has 0 unspecified atom stereocenters. The summed E-state index contributed by atoms with van der Waals surface area (Å²) >= 11 is 0. The molecule has 0 atom stereocenters. The number of ether oxygens (including phenoxy) is 2. The van der Waals surface area contributed by atoms with E-state index in [-0.39, 0.29) is 11.2 Å². The smallest absolute Gasteiger partial charge is 0.220 e. The normalized spacial score (nSPS) is 12.6. The van der Waals surface area contributed by atoms with Gasteiger partial charge in [0.15, 0.2) is 17.2 Å². The highest BCUT2D eigenvalue weighted by atomic mass is 16.5. The molecule has 2 heterocycles. The van der Waals surface area contributed by atoms with Crippen LogP contribution in [0.5, 0.6) is 17.2 Å². The Bertz CT molecular complexity index is 974. The second-order valence-electron chi connectivity index (χ2n) is 5.92. The van der Waals surface area contributed by atoms with Gasteiger partial charge >= 0.3 is 0 Å². The van der Waals surface area contributed by atoms with Crippen molar-refractivity contribution in [3.05, 3.63) is 52.3 Å². The van der Waals surface area contributed by atoms with Crippen molar-refractivity contribution < 1.29 is 14.6 Å². The molecular formula is C19H17NO4. The van der Waals surface area contributed by atoms with Gasteiger partial charge < -0.3 is 19.1 Å². The van der Waals surface area contributed by atoms with E-state index >= 15 is 0 Å². The number of benzene rings is 2. The van der Waals surface area contributed by atoms with Crippen LogP contribution >= 0.6 is 0 Å². The van der Waals surface area contributed by atoms with Gasteiger partial charge in [-0.25, -0.2) is 0 Å². The average molecular weight is 323 g/mol. The average Bonchev–Trinajstić information content (AvgIpc) is 2.59. The summed E-state index contributed by atoms with van der Waals surface area (Å²) in [4.78, 5) is 12.0. The van der Waals surface area contributed by atoms with E-state index in [1.54, 1.807) is 25.3 Å². The molecule has 3 aliphatic rings. The van der Waals surface area contributed by atoms with E-state index in [2.05, 4.69) is 4.57 Å². The Morgan fingerprint density at radius 3 is 2.54 bits per heavy atom. The number of nitrogens with zero attached hydrogens (tertiary/aromatic N) is 1. The maximum Gasteiger partial charge on any atom is 0.220 e. The zero-order valence-corrected chi connectivity index (χ0v) is 13.5. The first-order valence-corrected chi connectivity index (χ1v) is 7.73. The fraction of sp³-hybridized carbons (Fsp3) is 0.211. The van der Waals surface area contributed by atoms with Crippen LogP contribution in [-0.2, 0) is 13.0 Å². The Hall–Kier alpha value is -2.95. The highest BCUT2D eigenvalue weighted by molar-refractivity contribution is 5.77. The topological polar surface area (TPSA) is 60.7 Å². The predicted molar refractivity (Wildman–Crippen MR) is 91.2 cm³/mol. The summed E-state index contributed by atoms with van der Waals surface area (Å²) in [6.45, 7) is 0.827. The SMILES string of the molecule is COc1cc2c(cc1O)-c1cc3cc(=O)c(OC)cc-3cn1CC2. The molecule has 1 aromatic carbocycles. The van der Waals surface area contributed by atoms with Gasteiger partial charge in [0.05, 0.1) is 14.2 Å². The molecule has 0 spiro atoms. The Morgan fingerprint density at radius 2 is 1.79 bits per heavy atom. The van der Waals surface area contributed by atoms with Crippen molar-refractivity contribution in [1.29, 1.82) is 0 Å². The van der Waals surface area contributed by atoms with Crippen molar-refractivity contribution in [3.63, 3.8) is 0 Å². The summed E-state index contributed by atoms with van der Waals surface area (Å²) in [5.41, 5.74) is 4.74. The van der Waals surface area contributed by atoms with Gasteiger partial charge in [0.1, 0.15) is 0 Å². The standard InChI is InChI=1S/C19H17NO4/c1-23-18-7-11-3-4-20-10-13-8-19(24-2)16(21)6-12(13)5-15(20)14(11)9-17(18)22/h5-10,22H,3-4H2,1-2H3. The second kappa shape index (κ2) is 5.30. The summed E-state index contributed by atoms with van der Waals surface area (Å²) in [6.07, 6.45) is 2.88. The summed E-state index contributed by atoms with van der Waals surface area (Å²) in [6, 6.07) is 8.96. The van der Waals surface area contributed by atoms with Gasteiger partial charge in [-0.3, -0.25) is 4.79 Å². The molecule has 0 aromatic heterocycles. The fourth-order valence-electron chi connectivity index (χ4n) is 3.33. The molecule has 5 nitrogen and oxygen atoms in total. The lowest BCUT2D eigenvalue weighted by Crippen LogP contribution is -2.14. The van der Waals surface area contributed by atoms with E-state index in [0.29, 0.717) is 11.5 Å². The molecule has 0 fully saturated rings. The van der Waals surface area contributed by atoms with Crippen molar-refractivity contribution in [1.82, 2.24) is 4.57 Å². The lowest BCUT2D eigenvalue weighted by atomic mass is 9.93. The Labute approximate surface area is 139 Å². The maximum absolute atomic E-state index is 12.0. The predicted octanol–water partition coefficient (Wildman–Crippen LogP) is 2.90. The number of aryl methyl sites for hydroxylation is 2. The minimum absolute atomic E-state index is 0.115. The molecule has 0 radical (unpaired) electrons. The van der Waals surface area contributed by atoms with Crippen LogP contribution in [0.4, 0.5) is 0 Å². The van der Waals surface area contributed by atoms with Gasteiger partial charge in [0.25, 0.3) is 0 Å². The number of aromatic hydroxyl groups is 1. The van der Waals surface area contributed by atoms with E-state index in [0.717, 1.165) is 40.9 Å². The van der Waals surface area contributed by atoms with Crippen molar-refractivity contribution in [3.8, 4) is 39.6 Å². The van der Waals surface area contributed by atoms with Gasteiger partial charge in [0.2, 0.25) is 5.43 Å². The largest absolute Gasteiger partial charge is 0.504 e.